The standard InChI is InChI=1S/C14H27NO.C10H20.C3H6O2/c1-3-16-14-6-4-13(5-7-14)15-10-8-12(2)9-11-15;1-3-9(2)10-7-5-4-6-8-10;1-3(5)2-4/h12-14H,3-11H2,1-2H3;9-10H,3-8H2,1-2H3;4H,2H2,1H3. The molecule has 1 N–H and O–H groups in total. The molecule has 3 aliphatic rings. The molecular formula is C27H53NO3. The molecule has 3 rings (SSSR count). The minimum Gasteiger partial charge on any atom is -0.389 e. The number of hydrogen-bond donors (Lipinski definition) is 1. The molecule has 0 aromatic heterocycles. The van der Waals surface area contributed by atoms with Crippen molar-refractivity contribution >= 4 is 5.78 Å². The molecule has 1 saturated heterocycles. The molecule has 0 aromatic carbocycles. The van der Waals surface area contributed by atoms with E-state index < -0.39 is 0 Å². The van der Waals surface area contributed by atoms with Gasteiger partial charge in [0.25, 0.3) is 0 Å². The molecule has 184 valence electrons. The van der Waals surface area contributed by atoms with Crippen LogP contribution in [0, 0.1) is 17.8 Å². The van der Waals surface area contributed by atoms with Crippen LogP contribution in [0.1, 0.15) is 112 Å². The SMILES string of the molecule is CC(=O)CO.CCC(C)C1CCCCC1.CCOC1CCC(N2CCC(C)CC2)CC1. The number of aliphatic hydroxyl groups excluding tert-OH is 1. The summed E-state index contributed by atoms with van der Waals surface area (Å²) in [5.74, 6) is 2.82. The fraction of sp³-hybridized carbons (Fsp3) is 0.963. The molecule has 0 aromatic rings. The van der Waals surface area contributed by atoms with Crippen molar-refractivity contribution in [2.24, 2.45) is 17.8 Å². The van der Waals surface area contributed by atoms with Crippen LogP contribution in [0.5, 0.6) is 0 Å². The molecule has 3 fully saturated rings. The summed E-state index contributed by atoms with van der Waals surface area (Å²) in [4.78, 5) is 12.3. The maximum atomic E-state index is 9.56. The highest BCUT2D eigenvalue weighted by molar-refractivity contribution is 5.76. The molecule has 31 heavy (non-hydrogen) atoms. The van der Waals surface area contributed by atoms with Gasteiger partial charge in [0.1, 0.15) is 6.61 Å². The Kier molecular flexibility index (Phi) is 15.8. The van der Waals surface area contributed by atoms with E-state index in [9.17, 15) is 4.79 Å². The van der Waals surface area contributed by atoms with Crippen LogP contribution in [0.2, 0.25) is 0 Å². The summed E-state index contributed by atoms with van der Waals surface area (Å²) < 4.78 is 5.72. The van der Waals surface area contributed by atoms with Crippen molar-refractivity contribution in [2.45, 2.75) is 124 Å². The Morgan fingerprint density at radius 3 is 1.97 bits per heavy atom. The van der Waals surface area contributed by atoms with Gasteiger partial charge in [0, 0.05) is 12.6 Å². The number of ketones is 1. The summed E-state index contributed by atoms with van der Waals surface area (Å²) in [5, 5.41) is 7.79. The van der Waals surface area contributed by atoms with Crippen molar-refractivity contribution in [3.8, 4) is 0 Å². The van der Waals surface area contributed by atoms with E-state index in [0.29, 0.717) is 6.10 Å². The summed E-state index contributed by atoms with van der Waals surface area (Å²) in [7, 11) is 0. The lowest BCUT2D eigenvalue weighted by molar-refractivity contribution is -0.119. The second kappa shape index (κ2) is 17.1. The van der Waals surface area contributed by atoms with Crippen LogP contribution >= 0.6 is 0 Å². The number of carbonyl (C=O) groups is 1. The zero-order valence-corrected chi connectivity index (χ0v) is 21.4. The maximum absolute atomic E-state index is 9.56. The van der Waals surface area contributed by atoms with Gasteiger partial charge in [-0.25, -0.2) is 0 Å². The molecule has 2 saturated carbocycles. The van der Waals surface area contributed by atoms with E-state index in [1.165, 1.54) is 97.1 Å². The third-order valence-electron chi connectivity index (χ3n) is 7.70. The van der Waals surface area contributed by atoms with Gasteiger partial charge in [0.15, 0.2) is 5.78 Å². The van der Waals surface area contributed by atoms with Gasteiger partial charge in [-0.05, 0) is 83.2 Å². The number of hydrogen-bond acceptors (Lipinski definition) is 4. The fourth-order valence-electron chi connectivity index (χ4n) is 5.24. The van der Waals surface area contributed by atoms with Crippen molar-refractivity contribution in [3.63, 3.8) is 0 Å². The van der Waals surface area contributed by atoms with Gasteiger partial charge in [0.2, 0.25) is 0 Å². The molecule has 1 unspecified atom stereocenters. The Bertz CT molecular complexity index is 434. The number of aliphatic hydroxyl groups is 1. The Hall–Kier alpha value is -0.450. The largest absolute Gasteiger partial charge is 0.389 e. The molecule has 0 radical (unpaired) electrons. The van der Waals surface area contributed by atoms with E-state index in [1.54, 1.807) is 0 Å². The summed E-state index contributed by atoms with van der Waals surface area (Å²) >= 11 is 0. The smallest absolute Gasteiger partial charge is 0.155 e. The summed E-state index contributed by atoms with van der Waals surface area (Å²) in [6, 6.07) is 0.865. The molecule has 1 atom stereocenters. The lowest BCUT2D eigenvalue weighted by Crippen LogP contribution is -2.43. The quantitative estimate of drug-likeness (QED) is 0.532. The summed E-state index contributed by atoms with van der Waals surface area (Å²) in [6.45, 7) is 13.8. The van der Waals surface area contributed by atoms with Crippen molar-refractivity contribution in [3.05, 3.63) is 0 Å². The van der Waals surface area contributed by atoms with E-state index >= 15 is 0 Å². The normalized spacial score (nSPS) is 26.8. The Morgan fingerprint density at radius 2 is 1.52 bits per heavy atom. The lowest BCUT2D eigenvalue weighted by Gasteiger charge is -2.40. The molecule has 0 bridgehead atoms. The molecule has 2 aliphatic carbocycles. The summed E-state index contributed by atoms with van der Waals surface area (Å²) in [5.41, 5.74) is 0. The monoisotopic (exact) mass is 439 g/mol. The Labute approximate surface area is 193 Å². The van der Waals surface area contributed by atoms with Gasteiger partial charge in [0.05, 0.1) is 6.10 Å². The molecular weight excluding hydrogens is 386 g/mol. The second-order valence-electron chi connectivity index (χ2n) is 10.2. The van der Waals surface area contributed by atoms with Gasteiger partial charge in [-0.15, -0.1) is 0 Å². The van der Waals surface area contributed by atoms with E-state index in [2.05, 4.69) is 32.6 Å². The highest BCUT2D eigenvalue weighted by atomic mass is 16.5. The van der Waals surface area contributed by atoms with E-state index in [1.807, 2.05) is 0 Å². The molecule has 4 heteroatoms. The maximum Gasteiger partial charge on any atom is 0.155 e. The number of carbonyl (C=O) groups excluding carboxylic acids is 1. The van der Waals surface area contributed by atoms with Crippen LogP contribution in [0.3, 0.4) is 0 Å². The van der Waals surface area contributed by atoms with Crippen molar-refractivity contribution in [1.82, 2.24) is 4.90 Å². The Balaban J connectivity index is 0.000000273. The Morgan fingerprint density at radius 1 is 0.968 bits per heavy atom. The van der Waals surface area contributed by atoms with Crippen molar-refractivity contribution in [2.75, 3.05) is 26.3 Å². The minimum absolute atomic E-state index is 0.190. The number of likely N-dealkylation sites (tertiary alicyclic amines) is 1. The molecule has 1 heterocycles. The first-order valence-electron chi connectivity index (χ1n) is 13.4. The highest BCUT2D eigenvalue weighted by Gasteiger charge is 2.28. The fourth-order valence-corrected chi connectivity index (χ4v) is 5.24. The first-order valence-corrected chi connectivity index (χ1v) is 13.4. The van der Waals surface area contributed by atoms with Crippen LogP contribution in [0.4, 0.5) is 0 Å². The van der Waals surface area contributed by atoms with Gasteiger partial charge in [-0.1, -0.05) is 59.3 Å². The third-order valence-corrected chi connectivity index (χ3v) is 7.70. The number of rotatable bonds is 6. The van der Waals surface area contributed by atoms with E-state index in [0.717, 1.165) is 30.4 Å². The highest BCUT2D eigenvalue weighted by Crippen LogP contribution is 2.31. The second-order valence-corrected chi connectivity index (χ2v) is 10.2. The predicted octanol–water partition coefficient (Wildman–Crippen LogP) is 6.25. The molecule has 0 amide bonds. The topological polar surface area (TPSA) is 49.8 Å². The van der Waals surface area contributed by atoms with Crippen LogP contribution in [-0.2, 0) is 9.53 Å². The number of nitrogens with zero attached hydrogens (tertiary/aromatic N) is 1. The van der Waals surface area contributed by atoms with E-state index in [4.69, 9.17) is 9.84 Å². The first kappa shape index (κ1) is 28.6. The first-order chi connectivity index (χ1) is 14.9. The zero-order valence-electron chi connectivity index (χ0n) is 21.4. The van der Waals surface area contributed by atoms with Gasteiger partial charge < -0.3 is 14.7 Å². The average Bonchev–Trinajstić information content (AvgIpc) is 2.81. The molecule has 0 spiro atoms. The number of ether oxygens (including phenoxy) is 1. The summed E-state index contributed by atoms with van der Waals surface area (Å²) in [6.07, 6.45) is 17.5. The van der Waals surface area contributed by atoms with Crippen LogP contribution in [0.25, 0.3) is 0 Å². The van der Waals surface area contributed by atoms with E-state index in [-0.39, 0.29) is 12.4 Å². The number of Topliss-reactive ketones (excluding diaryl/α,β-unsaturated/α-hetero) is 1. The van der Waals surface area contributed by atoms with Crippen LogP contribution in [0.15, 0.2) is 0 Å². The van der Waals surface area contributed by atoms with Crippen LogP contribution in [-0.4, -0.2) is 54.2 Å². The van der Waals surface area contributed by atoms with Crippen LogP contribution < -0.4 is 0 Å². The lowest BCUT2D eigenvalue weighted by atomic mass is 9.80. The number of piperidine rings is 1. The molecule has 1 aliphatic heterocycles. The van der Waals surface area contributed by atoms with Gasteiger partial charge >= 0.3 is 0 Å². The van der Waals surface area contributed by atoms with Gasteiger partial charge in [-0.3, -0.25) is 4.79 Å². The van der Waals surface area contributed by atoms with Crippen molar-refractivity contribution < 1.29 is 14.6 Å². The predicted molar refractivity (Wildman–Crippen MR) is 131 cm³/mol. The zero-order chi connectivity index (χ0) is 23.1. The molecule has 4 nitrogen and oxygen atoms in total. The van der Waals surface area contributed by atoms with Gasteiger partial charge in [-0.2, -0.15) is 0 Å². The van der Waals surface area contributed by atoms with Crippen molar-refractivity contribution in [1.29, 1.82) is 0 Å². The average molecular weight is 440 g/mol. The third kappa shape index (κ3) is 12.4. The minimum atomic E-state index is -0.333.